The number of halogens is 3. The van der Waals surface area contributed by atoms with Crippen LogP contribution in [0.3, 0.4) is 0 Å². The zero-order chi connectivity index (χ0) is 22.5. The van der Waals surface area contributed by atoms with Gasteiger partial charge in [-0.15, -0.1) is 0 Å². The van der Waals surface area contributed by atoms with Gasteiger partial charge in [0.1, 0.15) is 17.2 Å². The number of nitrogens with zero attached hydrogens (tertiary/aromatic N) is 3. The highest BCUT2D eigenvalue weighted by Gasteiger charge is 2.29. The van der Waals surface area contributed by atoms with Crippen molar-refractivity contribution < 1.29 is 27.5 Å². The second-order valence-corrected chi connectivity index (χ2v) is 6.86. The maximum Gasteiger partial charge on any atom is 0.422 e. The number of nitrogens with one attached hydrogen (secondary N) is 2. The molecule has 2 N–H and O–H groups in total. The number of ether oxygens (including phenoxy) is 1. The quantitative estimate of drug-likeness (QED) is 0.706. The second-order valence-electron chi connectivity index (χ2n) is 6.86. The summed E-state index contributed by atoms with van der Waals surface area (Å²) in [7, 11) is 0. The molecule has 0 aliphatic rings. The van der Waals surface area contributed by atoms with Gasteiger partial charge in [-0.1, -0.05) is 13.8 Å². The van der Waals surface area contributed by atoms with Gasteiger partial charge in [-0.2, -0.15) is 13.2 Å². The van der Waals surface area contributed by atoms with E-state index in [2.05, 4.69) is 30.3 Å². The van der Waals surface area contributed by atoms with Crippen LogP contribution in [-0.2, 0) is 4.79 Å². The van der Waals surface area contributed by atoms with Crippen LogP contribution in [0.25, 0.3) is 0 Å². The summed E-state index contributed by atoms with van der Waals surface area (Å²) in [6.45, 7) is 5.13. The minimum atomic E-state index is -4.50. The number of rotatable bonds is 7. The minimum Gasteiger partial charge on any atom is -0.467 e. The number of aromatic nitrogens is 3. The highest BCUT2D eigenvalue weighted by Crippen LogP contribution is 2.20. The van der Waals surface area contributed by atoms with E-state index >= 15 is 0 Å². The minimum absolute atomic E-state index is 0.0575. The summed E-state index contributed by atoms with van der Waals surface area (Å²) in [5.74, 6) is -0.900. The van der Waals surface area contributed by atoms with Crippen LogP contribution in [0.5, 0.6) is 5.88 Å². The van der Waals surface area contributed by atoms with Crippen molar-refractivity contribution in [2.75, 3.05) is 11.9 Å². The van der Waals surface area contributed by atoms with Crippen LogP contribution in [0.2, 0.25) is 0 Å². The van der Waals surface area contributed by atoms with Gasteiger partial charge in [0, 0.05) is 12.1 Å². The lowest BCUT2D eigenvalue weighted by molar-refractivity contribution is -0.154. The summed E-state index contributed by atoms with van der Waals surface area (Å²) >= 11 is 0. The molecular weight excluding hydrogens is 403 g/mol. The molecule has 0 aliphatic heterocycles. The zero-order valence-electron chi connectivity index (χ0n) is 16.9. The van der Waals surface area contributed by atoms with E-state index < -0.39 is 24.7 Å². The molecule has 1 atom stereocenters. The molecular formula is C19H22F3N5O3. The van der Waals surface area contributed by atoms with Crippen molar-refractivity contribution in [1.29, 1.82) is 0 Å². The van der Waals surface area contributed by atoms with E-state index in [1.807, 2.05) is 0 Å². The van der Waals surface area contributed by atoms with Gasteiger partial charge in [0.2, 0.25) is 11.8 Å². The Hall–Kier alpha value is -3.24. The molecule has 2 rings (SSSR count). The van der Waals surface area contributed by atoms with Crippen molar-refractivity contribution in [3.05, 3.63) is 41.5 Å². The fourth-order valence-electron chi connectivity index (χ4n) is 2.28. The van der Waals surface area contributed by atoms with E-state index in [9.17, 15) is 22.8 Å². The van der Waals surface area contributed by atoms with E-state index in [1.165, 1.54) is 13.1 Å². The van der Waals surface area contributed by atoms with Gasteiger partial charge in [-0.3, -0.25) is 9.59 Å². The Morgan fingerprint density at radius 1 is 1.20 bits per heavy atom. The van der Waals surface area contributed by atoms with E-state index in [0.717, 1.165) is 6.20 Å². The first-order chi connectivity index (χ1) is 14.0. The van der Waals surface area contributed by atoms with E-state index in [0.29, 0.717) is 11.4 Å². The zero-order valence-corrected chi connectivity index (χ0v) is 16.9. The lowest BCUT2D eigenvalue weighted by Gasteiger charge is -2.16. The summed E-state index contributed by atoms with van der Waals surface area (Å²) in [5, 5.41) is 5.39. The number of carbonyl (C=O) groups excluding carboxylic acids is 2. The Kier molecular flexibility index (Phi) is 7.30. The van der Waals surface area contributed by atoms with Gasteiger partial charge in [-0.25, -0.2) is 15.0 Å². The van der Waals surface area contributed by atoms with Gasteiger partial charge in [-0.05, 0) is 31.5 Å². The Labute approximate surface area is 171 Å². The first-order valence-electron chi connectivity index (χ1n) is 9.07. The maximum absolute atomic E-state index is 12.4. The van der Waals surface area contributed by atoms with Crippen LogP contribution >= 0.6 is 0 Å². The van der Waals surface area contributed by atoms with Gasteiger partial charge in [0.05, 0.1) is 12.2 Å². The monoisotopic (exact) mass is 425 g/mol. The van der Waals surface area contributed by atoms with Crippen LogP contribution in [0.4, 0.5) is 19.0 Å². The van der Waals surface area contributed by atoms with Gasteiger partial charge < -0.3 is 15.4 Å². The molecule has 162 valence electrons. The second kappa shape index (κ2) is 9.51. The predicted octanol–water partition coefficient (Wildman–Crippen LogP) is 3.21. The van der Waals surface area contributed by atoms with Crippen molar-refractivity contribution in [2.24, 2.45) is 5.92 Å². The summed E-state index contributed by atoms with van der Waals surface area (Å²) in [6.07, 6.45) is -1.95. The molecule has 0 spiro atoms. The molecule has 1 unspecified atom stereocenters. The van der Waals surface area contributed by atoms with E-state index in [-0.39, 0.29) is 29.1 Å². The van der Waals surface area contributed by atoms with Crippen LogP contribution in [0, 0.1) is 12.8 Å². The molecule has 0 saturated heterocycles. The average Bonchev–Trinajstić information content (AvgIpc) is 2.66. The molecule has 8 nitrogen and oxygen atoms in total. The average molecular weight is 425 g/mol. The topological polar surface area (TPSA) is 106 Å². The summed E-state index contributed by atoms with van der Waals surface area (Å²) in [6, 6.07) is 2.86. The first kappa shape index (κ1) is 23.0. The number of amides is 2. The molecule has 2 amide bonds. The lowest BCUT2D eigenvalue weighted by Crippen LogP contribution is -2.28. The number of pyridine rings is 1. The van der Waals surface area contributed by atoms with Gasteiger partial charge in [0.15, 0.2) is 6.61 Å². The Bertz CT molecular complexity index is 919. The molecule has 0 fully saturated rings. The maximum atomic E-state index is 12.4. The molecule has 2 aromatic heterocycles. The van der Waals surface area contributed by atoms with Crippen molar-refractivity contribution in [1.82, 2.24) is 20.3 Å². The van der Waals surface area contributed by atoms with Crippen LogP contribution in [0.15, 0.2) is 24.5 Å². The number of hydrogen-bond acceptors (Lipinski definition) is 6. The molecule has 0 aliphatic carbocycles. The SMILES string of the molecule is Cc1nc(C(=O)NC(C)c2ccnc(NC(=O)C(C)C)c2)cnc1OCC(F)(F)F. The van der Waals surface area contributed by atoms with Crippen molar-refractivity contribution >= 4 is 17.6 Å². The fraction of sp³-hybridized carbons (Fsp3) is 0.421. The Balaban J connectivity index is 2.05. The molecule has 2 heterocycles. The van der Waals surface area contributed by atoms with Crippen molar-refractivity contribution in [3.63, 3.8) is 0 Å². The Morgan fingerprint density at radius 2 is 1.90 bits per heavy atom. The summed E-state index contributed by atoms with van der Waals surface area (Å²) in [5.41, 5.74) is 0.676. The highest BCUT2D eigenvalue weighted by atomic mass is 19.4. The summed E-state index contributed by atoms with van der Waals surface area (Å²) in [4.78, 5) is 36.0. The molecule has 30 heavy (non-hydrogen) atoms. The number of carbonyl (C=O) groups is 2. The van der Waals surface area contributed by atoms with Crippen LogP contribution < -0.4 is 15.4 Å². The standard InChI is InChI=1S/C19H22F3N5O3/c1-10(2)16(28)27-15-7-13(5-6-23-15)11(3)26-17(29)14-8-24-18(12(4)25-14)30-9-19(20,21)22/h5-8,10-11H,9H2,1-4H3,(H,26,29)(H,23,27,28). The van der Waals surface area contributed by atoms with Gasteiger partial charge >= 0.3 is 6.18 Å². The molecule has 0 bridgehead atoms. The van der Waals surface area contributed by atoms with Gasteiger partial charge in [0.25, 0.3) is 5.91 Å². The molecule has 2 aromatic rings. The Morgan fingerprint density at radius 3 is 2.50 bits per heavy atom. The molecule has 0 aromatic carbocycles. The fourth-order valence-corrected chi connectivity index (χ4v) is 2.28. The van der Waals surface area contributed by atoms with Crippen molar-refractivity contribution in [3.8, 4) is 5.88 Å². The normalized spacial score (nSPS) is 12.4. The third kappa shape index (κ3) is 6.68. The largest absolute Gasteiger partial charge is 0.467 e. The number of anilines is 1. The van der Waals surface area contributed by atoms with Crippen LogP contribution in [-0.4, -0.2) is 39.5 Å². The third-order valence-corrected chi connectivity index (χ3v) is 3.91. The molecule has 11 heteroatoms. The highest BCUT2D eigenvalue weighted by molar-refractivity contribution is 5.92. The number of aryl methyl sites for hydroxylation is 1. The predicted molar refractivity (Wildman–Crippen MR) is 102 cm³/mol. The molecule has 0 saturated carbocycles. The first-order valence-corrected chi connectivity index (χ1v) is 9.07. The lowest BCUT2D eigenvalue weighted by atomic mass is 10.1. The number of alkyl halides is 3. The van der Waals surface area contributed by atoms with Crippen molar-refractivity contribution in [2.45, 2.75) is 39.9 Å². The smallest absolute Gasteiger partial charge is 0.422 e. The van der Waals surface area contributed by atoms with Crippen LogP contribution in [0.1, 0.15) is 48.6 Å². The van der Waals surface area contributed by atoms with E-state index in [4.69, 9.17) is 0 Å². The molecule has 0 radical (unpaired) electrons. The number of hydrogen-bond donors (Lipinski definition) is 2. The summed E-state index contributed by atoms with van der Waals surface area (Å²) < 4.78 is 41.3. The third-order valence-electron chi connectivity index (χ3n) is 3.91. The van der Waals surface area contributed by atoms with E-state index in [1.54, 1.807) is 32.9 Å².